The maximum absolute atomic E-state index is 12.9. The fourth-order valence-electron chi connectivity index (χ4n) is 3.95. The zero-order valence-electron chi connectivity index (χ0n) is 18.3. The van der Waals surface area contributed by atoms with Crippen LogP contribution in [-0.4, -0.2) is 50.5 Å². The van der Waals surface area contributed by atoms with Crippen LogP contribution in [0, 0.1) is 0 Å². The molecule has 6 nitrogen and oxygen atoms in total. The summed E-state index contributed by atoms with van der Waals surface area (Å²) in [5.74, 6) is 1.90. The van der Waals surface area contributed by atoms with Gasteiger partial charge in [0.2, 0.25) is 5.91 Å². The van der Waals surface area contributed by atoms with Crippen LogP contribution in [-0.2, 0) is 4.79 Å². The second-order valence-corrected chi connectivity index (χ2v) is 9.12. The van der Waals surface area contributed by atoms with Gasteiger partial charge in [0.15, 0.2) is 11.0 Å². The Bertz CT molecular complexity index is 1070. The van der Waals surface area contributed by atoms with Crippen molar-refractivity contribution in [2.24, 2.45) is 0 Å². The van der Waals surface area contributed by atoms with E-state index >= 15 is 0 Å². The summed E-state index contributed by atoms with van der Waals surface area (Å²) >= 11 is 7.88. The molecule has 8 heteroatoms. The number of hydrogen-bond donors (Lipinski definition) is 0. The number of aromatic nitrogens is 3. The highest BCUT2D eigenvalue weighted by Crippen LogP contribution is 2.32. The largest absolute Gasteiger partial charge is 0.494 e. The smallest absolute Gasteiger partial charge is 0.233 e. The zero-order valence-corrected chi connectivity index (χ0v) is 19.9. The minimum Gasteiger partial charge on any atom is -0.494 e. The minimum atomic E-state index is 0.141. The van der Waals surface area contributed by atoms with Gasteiger partial charge in [0, 0.05) is 23.8 Å². The lowest BCUT2D eigenvalue weighted by atomic mass is 10.0. The first-order valence-electron chi connectivity index (χ1n) is 10.9. The van der Waals surface area contributed by atoms with Crippen LogP contribution in [0.4, 0.5) is 0 Å². The number of likely N-dealkylation sites (tertiary alicyclic amines) is 1. The Kier molecular flexibility index (Phi) is 7.37. The summed E-state index contributed by atoms with van der Waals surface area (Å²) < 4.78 is 7.53. The molecule has 2 heterocycles. The molecule has 3 aromatic rings. The van der Waals surface area contributed by atoms with Crippen molar-refractivity contribution < 1.29 is 9.53 Å². The Labute approximate surface area is 197 Å². The molecule has 1 aliphatic heterocycles. The van der Waals surface area contributed by atoms with Crippen LogP contribution in [0.2, 0.25) is 5.02 Å². The van der Waals surface area contributed by atoms with E-state index < -0.39 is 0 Å². The van der Waals surface area contributed by atoms with Crippen molar-refractivity contribution in [2.45, 2.75) is 44.3 Å². The van der Waals surface area contributed by atoms with Crippen molar-refractivity contribution >= 4 is 29.3 Å². The summed E-state index contributed by atoms with van der Waals surface area (Å²) in [6.45, 7) is 5.52. The number of thioether (sulfide) groups is 1. The third-order valence-electron chi connectivity index (χ3n) is 5.60. The SMILES string of the molecule is CCOc1ccc(-n2c(SCC(=O)N3CCCCC3C)nnc2-c2ccccc2Cl)cc1. The van der Waals surface area contributed by atoms with Crippen molar-refractivity contribution in [1.29, 1.82) is 0 Å². The molecule has 32 heavy (non-hydrogen) atoms. The predicted octanol–water partition coefficient (Wildman–Crippen LogP) is 5.48. The highest BCUT2D eigenvalue weighted by molar-refractivity contribution is 7.99. The lowest BCUT2D eigenvalue weighted by molar-refractivity contribution is -0.131. The molecule has 1 amide bonds. The molecule has 1 aliphatic rings. The molecule has 1 fully saturated rings. The molecular weight excluding hydrogens is 444 g/mol. The number of hydrogen-bond acceptors (Lipinski definition) is 5. The summed E-state index contributed by atoms with van der Waals surface area (Å²) in [7, 11) is 0. The van der Waals surface area contributed by atoms with E-state index in [1.54, 1.807) is 0 Å². The summed E-state index contributed by atoms with van der Waals surface area (Å²) in [5, 5.41) is 10.1. The van der Waals surface area contributed by atoms with Gasteiger partial charge in [-0.15, -0.1) is 10.2 Å². The number of rotatable bonds is 7. The van der Waals surface area contributed by atoms with Crippen LogP contribution in [0.15, 0.2) is 53.7 Å². The molecular formula is C24H27ClN4O2S. The van der Waals surface area contributed by atoms with Gasteiger partial charge in [-0.05, 0) is 69.5 Å². The van der Waals surface area contributed by atoms with Gasteiger partial charge in [0.1, 0.15) is 5.75 Å². The fourth-order valence-corrected chi connectivity index (χ4v) is 5.01. The number of carbonyl (C=O) groups is 1. The Morgan fingerprint density at radius 1 is 1.16 bits per heavy atom. The molecule has 0 N–H and O–H groups in total. The van der Waals surface area contributed by atoms with Crippen LogP contribution in [0.5, 0.6) is 5.75 Å². The predicted molar refractivity (Wildman–Crippen MR) is 129 cm³/mol. The second kappa shape index (κ2) is 10.4. The molecule has 1 atom stereocenters. The van der Waals surface area contributed by atoms with Gasteiger partial charge in [0.05, 0.1) is 17.4 Å². The molecule has 1 unspecified atom stereocenters. The number of carbonyl (C=O) groups excluding carboxylic acids is 1. The van der Waals surface area contributed by atoms with Crippen LogP contribution >= 0.6 is 23.4 Å². The van der Waals surface area contributed by atoms with Crippen LogP contribution in [0.1, 0.15) is 33.1 Å². The maximum atomic E-state index is 12.9. The van der Waals surface area contributed by atoms with Crippen molar-refractivity contribution in [3.05, 3.63) is 53.6 Å². The first-order chi connectivity index (χ1) is 15.6. The first-order valence-corrected chi connectivity index (χ1v) is 12.3. The minimum absolute atomic E-state index is 0.141. The summed E-state index contributed by atoms with van der Waals surface area (Å²) in [5.41, 5.74) is 1.67. The Morgan fingerprint density at radius 2 is 1.94 bits per heavy atom. The number of nitrogens with zero attached hydrogens (tertiary/aromatic N) is 4. The number of piperidine rings is 1. The van der Waals surface area contributed by atoms with Gasteiger partial charge >= 0.3 is 0 Å². The fraction of sp³-hybridized carbons (Fsp3) is 0.375. The monoisotopic (exact) mass is 470 g/mol. The van der Waals surface area contributed by atoms with Gasteiger partial charge < -0.3 is 9.64 Å². The molecule has 2 aromatic carbocycles. The zero-order chi connectivity index (χ0) is 22.5. The van der Waals surface area contributed by atoms with E-state index in [1.165, 1.54) is 18.2 Å². The van der Waals surface area contributed by atoms with Crippen molar-refractivity contribution in [3.63, 3.8) is 0 Å². The molecule has 168 valence electrons. The molecule has 0 spiro atoms. The summed E-state index contributed by atoms with van der Waals surface area (Å²) in [4.78, 5) is 14.9. The Balaban J connectivity index is 1.65. The Hall–Kier alpha value is -2.51. The van der Waals surface area contributed by atoms with Crippen molar-refractivity contribution in [2.75, 3.05) is 18.9 Å². The highest BCUT2D eigenvalue weighted by atomic mass is 35.5. The second-order valence-electron chi connectivity index (χ2n) is 7.77. The average Bonchev–Trinajstić information content (AvgIpc) is 3.22. The van der Waals surface area contributed by atoms with Crippen molar-refractivity contribution in [3.8, 4) is 22.8 Å². The molecule has 0 aliphatic carbocycles. The van der Waals surface area contributed by atoms with E-state index in [1.807, 2.05) is 64.9 Å². The number of halogens is 1. The number of benzene rings is 2. The molecule has 1 saturated heterocycles. The standard InChI is InChI=1S/C24H27ClN4O2S/c1-3-31-19-13-11-18(12-14-19)29-23(20-9-4-5-10-21(20)25)26-27-24(29)32-16-22(30)28-15-7-6-8-17(28)2/h4-5,9-14,17H,3,6-8,15-16H2,1-2H3. The van der Waals surface area contributed by atoms with Gasteiger partial charge in [-0.1, -0.05) is 35.5 Å². The third-order valence-corrected chi connectivity index (χ3v) is 6.85. The lowest BCUT2D eigenvalue weighted by Crippen LogP contribution is -2.42. The van der Waals surface area contributed by atoms with E-state index in [-0.39, 0.29) is 5.91 Å². The first kappa shape index (κ1) is 22.7. The molecule has 4 rings (SSSR count). The number of amides is 1. The van der Waals surface area contributed by atoms with E-state index in [2.05, 4.69) is 17.1 Å². The van der Waals surface area contributed by atoms with Crippen molar-refractivity contribution in [1.82, 2.24) is 19.7 Å². The summed E-state index contributed by atoms with van der Waals surface area (Å²) in [6, 6.07) is 15.6. The van der Waals surface area contributed by atoms with E-state index in [0.717, 1.165) is 36.4 Å². The average molecular weight is 471 g/mol. The van der Waals surface area contributed by atoms with Gasteiger partial charge in [0.25, 0.3) is 0 Å². The van der Waals surface area contributed by atoms with E-state index in [0.29, 0.717) is 34.4 Å². The lowest BCUT2D eigenvalue weighted by Gasteiger charge is -2.33. The van der Waals surface area contributed by atoms with Crippen LogP contribution in [0.3, 0.4) is 0 Å². The van der Waals surface area contributed by atoms with Gasteiger partial charge in [-0.2, -0.15) is 0 Å². The van der Waals surface area contributed by atoms with Crippen LogP contribution in [0.25, 0.3) is 17.1 Å². The van der Waals surface area contributed by atoms with E-state index in [9.17, 15) is 4.79 Å². The maximum Gasteiger partial charge on any atom is 0.233 e. The quantitative estimate of drug-likeness (QED) is 0.428. The third kappa shape index (κ3) is 4.94. The molecule has 0 saturated carbocycles. The van der Waals surface area contributed by atoms with Gasteiger partial charge in [-0.25, -0.2) is 0 Å². The topological polar surface area (TPSA) is 60.2 Å². The molecule has 1 aromatic heterocycles. The van der Waals surface area contributed by atoms with Crippen LogP contribution < -0.4 is 4.74 Å². The Morgan fingerprint density at radius 3 is 2.66 bits per heavy atom. The number of ether oxygens (including phenoxy) is 1. The van der Waals surface area contributed by atoms with E-state index in [4.69, 9.17) is 16.3 Å². The normalized spacial score (nSPS) is 16.2. The van der Waals surface area contributed by atoms with Gasteiger partial charge in [-0.3, -0.25) is 9.36 Å². The molecule has 0 bridgehead atoms. The summed E-state index contributed by atoms with van der Waals surface area (Å²) in [6.07, 6.45) is 3.32. The highest BCUT2D eigenvalue weighted by Gasteiger charge is 2.25. The molecule has 0 radical (unpaired) electrons.